The number of nitriles is 1. The van der Waals surface area contributed by atoms with Gasteiger partial charge in [-0.1, -0.05) is 23.4 Å². The highest BCUT2D eigenvalue weighted by Crippen LogP contribution is 2.39. The molecule has 7 nitrogen and oxygen atoms in total. The average molecular weight is 447 g/mol. The average Bonchev–Trinajstić information content (AvgIpc) is 3.46. The molecule has 2 unspecified atom stereocenters. The van der Waals surface area contributed by atoms with Gasteiger partial charge < -0.3 is 10.1 Å². The Labute approximate surface area is 183 Å². The first-order valence-electron chi connectivity index (χ1n) is 10.1. The van der Waals surface area contributed by atoms with Gasteiger partial charge in [0.1, 0.15) is 5.54 Å². The molecule has 1 aromatic carbocycles. The lowest BCUT2D eigenvalue weighted by atomic mass is 9.98. The van der Waals surface area contributed by atoms with Gasteiger partial charge in [-0.25, -0.2) is 4.98 Å². The lowest BCUT2D eigenvalue weighted by Crippen LogP contribution is -2.47. The third kappa shape index (κ3) is 4.48. The molecule has 9 heteroatoms. The van der Waals surface area contributed by atoms with Crippen LogP contribution in [0.3, 0.4) is 0 Å². The normalized spacial score (nSPS) is 20.6. The van der Waals surface area contributed by atoms with E-state index in [4.69, 9.17) is 16.3 Å². The number of ether oxygens (including phenoxy) is 1. The molecule has 1 saturated carbocycles. The number of fused-ring (bicyclic) bond motifs is 1. The number of hydrogen-bond donors (Lipinski definition) is 1. The lowest BCUT2D eigenvalue weighted by Gasteiger charge is -2.23. The molecule has 1 saturated heterocycles. The second-order valence-electron chi connectivity index (χ2n) is 8.03. The van der Waals surface area contributed by atoms with E-state index in [0.717, 1.165) is 25.7 Å². The Kier molecular flexibility index (Phi) is 6.05. The summed E-state index contributed by atoms with van der Waals surface area (Å²) in [5.41, 5.74) is -0.520. The summed E-state index contributed by atoms with van der Waals surface area (Å²) in [5.74, 6) is 0.0173. The Morgan fingerprint density at radius 2 is 2.27 bits per heavy atom. The van der Waals surface area contributed by atoms with Gasteiger partial charge in [0.25, 0.3) is 5.56 Å². The fraction of sp³-hybridized carbons (Fsp3) is 0.524. The summed E-state index contributed by atoms with van der Waals surface area (Å²) in [6.07, 6.45) is 3.71. The molecule has 2 heterocycles. The first kappa shape index (κ1) is 21.2. The van der Waals surface area contributed by atoms with Crippen molar-refractivity contribution in [2.24, 2.45) is 5.92 Å². The van der Waals surface area contributed by atoms with Gasteiger partial charge in [0.2, 0.25) is 5.91 Å². The van der Waals surface area contributed by atoms with E-state index in [2.05, 4.69) is 16.4 Å². The molecule has 4 rings (SSSR count). The highest BCUT2D eigenvalue weighted by Gasteiger charge is 2.43. The molecule has 0 spiro atoms. The van der Waals surface area contributed by atoms with E-state index < -0.39 is 5.54 Å². The second-order valence-corrected chi connectivity index (χ2v) is 9.41. The number of nitrogens with zero attached hydrogens (tertiary/aromatic N) is 3. The van der Waals surface area contributed by atoms with Gasteiger partial charge >= 0.3 is 0 Å². The van der Waals surface area contributed by atoms with Crippen LogP contribution in [0.15, 0.2) is 28.2 Å². The van der Waals surface area contributed by atoms with Crippen molar-refractivity contribution in [3.8, 4) is 6.07 Å². The zero-order valence-electron chi connectivity index (χ0n) is 16.7. The summed E-state index contributed by atoms with van der Waals surface area (Å²) >= 11 is 7.27. The molecule has 1 amide bonds. The van der Waals surface area contributed by atoms with E-state index in [-0.39, 0.29) is 29.2 Å². The predicted octanol–water partition coefficient (Wildman–Crippen LogP) is 3.13. The van der Waals surface area contributed by atoms with Crippen molar-refractivity contribution in [2.75, 3.05) is 12.4 Å². The maximum Gasteiger partial charge on any atom is 0.262 e. The topological polar surface area (TPSA) is 97.0 Å². The van der Waals surface area contributed by atoms with E-state index >= 15 is 0 Å². The number of benzene rings is 1. The minimum atomic E-state index is -0.848. The molecule has 2 fully saturated rings. The van der Waals surface area contributed by atoms with E-state index in [1.54, 1.807) is 29.7 Å². The van der Waals surface area contributed by atoms with Crippen LogP contribution in [-0.2, 0) is 16.1 Å². The molecule has 1 aliphatic heterocycles. The number of hydrogen-bond acceptors (Lipinski definition) is 6. The van der Waals surface area contributed by atoms with Crippen molar-refractivity contribution in [2.45, 2.75) is 56.0 Å². The van der Waals surface area contributed by atoms with Crippen LogP contribution in [-0.4, -0.2) is 39.5 Å². The first-order valence-corrected chi connectivity index (χ1v) is 11.4. The summed E-state index contributed by atoms with van der Waals surface area (Å²) in [7, 11) is 0. The molecular formula is C21H23ClN4O3S. The second kappa shape index (κ2) is 8.58. The first-order chi connectivity index (χ1) is 14.4. The number of aromatic nitrogens is 2. The Morgan fingerprint density at radius 1 is 1.47 bits per heavy atom. The molecule has 2 aromatic rings. The molecule has 2 aliphatic rings. The van der Waals surface area contributed by atoms with Crippen molar-refractivity contribution < 1.29 is 9.53 Å². The van der Waals surface area contributed by atoms with E-state index in [1.807, 2.05) is 0 Å². The molecule has 0 bridgehead atoms. The van der Waals surface area contributed by atoms with Gasteiger partial charge in [0.05, 0.1) is 35.4 Å². The number of carbonyl (C=O) groups is 1. The highest BCUT2D eigenvalue weighted by atomic mass is 35.5. The van der Waals surface area contributed by atoms with Crippen LogP contribution in [0.2, 0.25) is 5.02 Å². The number of carbonyl (C=O) groups excluding carboxylic acids is 1. The van der Waals surface area contributed by atoms with Crippen LogP contribution in [0.25, 0.3) is 10.9 Å². The van der Waals surface area contributed by atoms with Crippen LogP contribution in [0.4, 0.5) is 0 Å². The smallest absolute Gasteiger partial charge is 0.262 e. The van der Waals surface area contributed by atoms with E-state index in [1.165, 1.54) is 11.8 Å². The largest absolute Gasteiger partial charge is 0.376 e. The van der Waals surface area contributed by atoms with Crippen LogP contribution in [0, 0.1) is 17.2 Å². The molecule has 1 aliphatic carbocycles. The molecule has 30 heavy (non-hydrogen) atoms. The zero-order chi connectivity index (χ0) is 21.3. The van der Waals surface area contributed by atoms with Gasteiger partial charge in [-0.3, -0.25) is 14.2 Å². The van der Waals surface area contributed by atoms with Crippen molar-refractivity contribution in [3.63, 3.8) is 0 Å². The molecule has 1 N–H and O–H groups in total. The molecule has 158 valence electrons. The number of halogens is 1. The summed E-state index contributed by atoms with van der Waals surface area (Å²) in [4.78, 5) is 30.3. The number of nitrogens with one attached hydrogen (secondary N) is 1. The summed E-state index contributed by atoms with van der Waals surface area (Å²) in [6.45, 7) is 2.85. The standard InChI is InChI=1S/C21H23ClN4O3S/c1-21(12-23,13-4-5-13)25-18(27)11-30-20-24-17-9-14(22)6-7-16(17)19(28)26(20)10-15-3-2-8-29-15/h6-7,9,13,15H,2-5,8,10-11H2,1H3,(H,25,27). The summed E-state index contributed by atoms with van der Waals surface area (Å²) in [6, 6.07) is 7.22. The van der Waals surface area contributed by atoms with Gasteiger partial charge in [-0.2, -0.15) is 5.26 Å². The van der Waals surface area contributed by atoms with E-state index in [9.17, 15) is 14.9 Å². The van der Waals surface area contributed by atoms with Crippen molar-refractivity contribution in [1.82, 2.24) is 14.9 Å². The third-order valence-corrected chi connectivity index (χ3v) is 6.86. The van der Waals surface area contributed by atoms with Crippen LogP contribution < -0.4 is 10.9 Å². The monoisotopic (exact) mass is 446 g/mol. The van der Waals surface area contributed by atoms with E-state index in [0.29, 0.717) is 34.2 Å². The Hall–Kier alpha value is -2.08. The molecule has 0 radical (unpaired) electrons. The number of rotatable bonds is 7. The maximum atomic E-state index is 13.1. The van der Waals surface area contributed by atoms with Crippen LogP contribution >= 0.6 is 23.4 Å². The fourth-order valence-electron chi connectivity index (χ4n) is 3.77. The molecular weight excluding hydrogens is 424 g/mol. The van der Waals surface area contributed by atoms with Crippen LogP contribution in [0.5, 0.6) is 0 Å². The zero-order valence-corrected chi connectivity index (χ0v) is 18.3. The predicted molar refractivity (Wildman–Crippen MR) is 116 cm³/mol. The quantitative estimate of drug-likeness (QED) is 0.518. The minimum absolute atomic E-state index is 0.0424. The molecule has 1 aromatic heterocycles. The summed E-state index contributed by atoms with van der Waals surface area (Å²) < 4.78 is 7.30. The third-order valence-electron chi connectivity index (χ3n) is 5.65. The van der Waals surface area contributed by atoms with Crippen molar-refractivity contribution >= 4 is 40.2 Å². The Bertz CT molecular complexity index is 1070. The highest BCUT2D eigenvalue weighted by molar-refractivity contribution is 7.99. The lowest BCUT2D eigenvalue weighted by molar-refractivity contribution is -0.119. The summed E-state index contributed by atoms with van der Waals surface area (Å²) in [5, 5.41) is 13.7. The maximum absolute atomic E-state index is 13.1. The van der Waals surface area contributed by atoms with Gasteiger partial charge in [0.15, 0.2) is 5.16 Å². The van der Waals surface area contributed by atoms with Gasteiger partial charge in [0, 0.05) is 11.6 Å². The fourth-order valence-corrected chi connectivity index (χ4v) is 4.75. The Morgan fingerprint density at radius 3 is 2.93 bits per heavy atom. The van der Waals surface area contributed by atoms with Gasteiger partial charge in [-0.05, 0) is 56.7 Å². The van der Waals surface area contributed by atoms with Crippen molar-refractivity contribution in [3.05, 3.63) is 33.6 Å². The van der Waals surface area contributed by atoms with Gasteiger partial charge in [-0.15, -0.1) is 0 Å². The van der Waals surface area contributed by atoms with Crippen molar-refractivity contribution in [1.29, 1.82) is 5.26 Å². The number of thioether (sulfide) groups is 1. The Balaban J connectivity index is 1.58. The van der Waals surface area contributed by atoms with Crippen LogP contribution in [0.1, 0.15) is 32.6 Å². The SMILES string of the molecule is CC(C#N)(NC(=O)CSc1nc2cc(Cl)ccc2c(=O)n1CC1CCCO1)C1CC1. The minimum Gasteiger partial charge on any atom is -0.376 e. The number of amides is 1. The molecule has 2 atom stereocenters.